The largest absolute Gasteiger partial charge is 0.481 e. The Labute approximate surface area is 105 Å². The number of aliphatic carboxylic acids is 1. The van der Waals surface area contributed by atoms with Gasteiger partial charge in [0.25, 0.3) is 0 Å². The maximum absolute atomic E-state index is 10.7. The Bertz CT molecular complexity index is 484. The van der Waals surface area contributed by atoms with Gasteiger partial charge in [-0.3, -0.25) is 9.69 Å². The average Bonchev–Trinajstić information content (AvgIpc) is 2.31. The molecule has 1 aromatic rings. The third-order valence-corrected chi connectivity index (χ3v) is 2.44. The van der Waals surface area contributed by atoms with E-state index in [2.05, 4.69) is 0 Å². The van der Waals surface area contributed by atoms with Crippen molar-refractivity contribution in [1.82, 2.24) is 4.90 Å². The number of nitriles is 2. The minimum atomic E-state index is -0.894. The van der Waals surface area contributed by atoms with E-state index in [4.69, 9.17) is 15.6 Å². The van der Waals surface area contributed by atoms with Crippen molar-refractivity contribution in [2.24, 2.45) is 0 Å². The lowest BCUT2D eigenvalue weighted by Crippen LogP contribution is -2.24. The summed E-state index contributed by atoms with van der Waals surface area (Å²) in [6.07, 6.45) is -0.0525. The molecule has 0 bridgehead atoms. The minimum Gasteiger partial charge on any atom is -0.481 e. The van der Waals surface area contributed by atoms with Gasteiger partial charge in [0.05, 0.1) is 31.6 Å². The normalized spacial score (nSPS) is 9.72. The molecule has 1 N–H and O–H groups in total. The second-order valence-corrected chi connectivity index (χ2v) is 3.80. The maximum Gasteiger partial charge on any atom is 0.307 e. The van der Waals surface area contributed by atoms with E-state index in [1.54, 1.807) is 17.0 Å². The number of hydrogen-bond acceptors (Lipinski definition) is 4. The summed E-state index contributed by atoms with van der Waals surface area (Å²) in [4.78, 5) is 12.4. The lowest BCUT2D eigenvalue weighted by molar-refractivity contribution is -0.136. The highest BCUT2D eigenvalue weighted by Gasteiger charge is 2.10. The van der Waals surface area contributed by atoms with Crippen LogP contribution in [0.5, 0.6) is 0 Å². The van der Waals surface area contributed by atoms with Crippen LogP contribution in [0.2, 0.25) is 0 Å². The third kappa shape index (κ3) is 4.25. The van der Waals surface area contributed by atoms with Crippen molar-refractivity contribution in [1.29, 1.82) is 10.5 Å². The molecule has 92 valence electrons. The molecule has 0 aliphatic heterocycles. The Morgan fingerprint density at radius 1 is 1.17 bits per heavy atom. The van der Waals surface area contributed by atoms with Crippen LogP contribution in [0.4, 0.5) is 0 Å². The van der Waals surface area contributed by atoms with Gasteiger partial charge in [0.2, 0.25) is 0 Å². The highest BCUT2D eigenvalue weighted by molar-refractivity contribution is 5.70. The molecule has 0 saturated carbocycles. The topological polar surface area (TPSA) is 88.1 Å². The SMILES string of the molecule is N#CCN(CC#N)Cc1ccccc1CC(=O)O. The van der Waals surface area contributed by atoms with Gasteiger partial charge in [-0.25, -0.2) is 0 Å². The fraction of sp³-hybridized carbons (Fsp3) is 0.308. The van der Waals surface area contributed by atoms with E-state index in [1.165, 1.54) is 0 Å². The number of carboxylic acids is 1. The number of carboxylic acid groups (broad SMARTS) is 1. The van der Waals surface area contributed by atoms with Crippen LogP contribution >= 0.6 is 0 Å². The van der Waals surface area contributed by atoms with Crippen LogP contribution in [0.3, 0.4) is 0 Å². The van der Waals surface area contributed by atoms with E-state index in [0.29, 0.717) is 12.1 Å². The molecule has 18 heavy (non-hydrogen) atoms. The number of benzene rings is 1. The van der Waals surface area contributed by atoms with Crippen LogP contribution in [-0.2, 0) is 17.8 Å². The summed E-state index contributed by atoms with van der Waals surface area (Å²) in [7, 11) is 0. The monoisotopic (exact) mass is 243 g/mol. The van der Waals surface area contributed by atoms with E-state index in [-0.39, 0.29) is 19.5 Å². The second kappa shape index (κ2) is 7.05. The lowest BCUT2D eigenvalue weighted by atomic mass is 10.0. The van der Waals surface area contributed by atoms with Crippen LogP contribution in [0.25, 0.3) is 0 Å². The highest BCUT2D eigenvalue weighted by atomic mass is 16.4. The molecule has 0 amide bonds. The first-order valence-corrected chi connectivity index (χ1v) is 5.42. The van der Waals surface area contributed by atoms with Crippen LogP contribution < -0.4 is 0 Å². The fourth-order valence-corrected chi connectivity index (χ4v) is 1.66. The summed E-state index contributed by atoms with van der Waals surface area (Å²) in [5, 5.41) is 26.1. The molecule has 0 aliphatic rings. The van der Waals surface area contributed by atoms with Crippen LogP contribution in [0.15, 0.2) is 24.3 Å². The van der Waals surface area contributed by atoms with Crippen molar-refractivity contribution in [2.75, 3.05) is 13.1 Å². The molecule has 0 unspecified atom stereocenters. The first kappa shape index (κ1) is 13.7. The molecule has 0 aromatic heterocycles. The number of nitrogens with zero attached hydrogens (tertiary/aromatic N) is 3. The Hall–Kier alpha value is -2.37. The second-order valence-electron chi connectivity index (χ2n) is 3.80. The van der Waals surface area contributed by atoms with Gasteiger partial charge in [-0.15, -0.1) is 0 Å². The number of hydrogen-bond donors (Lipinski definition) is 1. The molecule has 0 radical (unpaired) electrons. The van der Waals surface area contributed by atoms with Crippen molar-refractivity contribution in [3.63, 3.8) is 0 Å². The molecule has 1 aromatic carbocycles. The standard InChI is InChI=1S/C13H13N3O2/c14-5-7-16(8-6-15)10-12-4-2-1-3-11(12)9-13(17)18/h1-4H,7-10H2,(H,17,18). The first-order valence-electron chi connectivity index (χ1n) is 5.42. The summed E-state index contributed by atoms with van der Waals surface area (Å²) >= 11 is 0. The average molecular weight is 243 g/mol. The van der Waals surface area contributed by atoms with Crippen LogP contribution in [-0.4, -0.2) is 29.1 Å². The van der Waals surface area contributed by atoms with Crippen molar-refractivity contribution in [2.45, 2.75) is 13.0 Å². The Morgan fingerprint density at radius 2 is 1.72 bits per heavy atom. The molecule has 0 aliphatic carbocycles. The first-order chi connectivity index (χ1) is 8.67. The predicted molar refractivity (Wildman–Crippen MR) is 64.3 cm³/mol. The van der Waals surface area contributed by atoms with Crippen LogP contribution in [0, 0.1) is 22.7 Å². The van der Waals surface area contributed by atoms with E-state index < -0.39 is 5.97 Å². The van der Waals surface area contributed by atoms with E-state index in [9.17, 15) is 4.79 Å². The van der Waals surface area contributed by atoms with E-state index in [1.807, 2.05) is 24.3 Å². The molecule has 0 spiro atoms. The van der Waals surface area contributed by atoms with Gasteiger partial charge in [0.15, 0.2) is 0 Å². The molecule has 0 fully saturated rings. The summed E-state index contributed by atoms with van der Waals surface area (Å²) in [5.74, 6) is -0.894. The molecular formula is C13H13N3O2. The predicted octanol–water partition coefficient (Wildman–Crippen LogP) is 1.16. The number of rotatable bonds is 6. The van der Waals surface area contributed by atoms with Crippen molar-refractivity contribution in [3.8, 4) is 12.1 Å². The van der Waals surface area contributed by atoms with E-state index in [0.717, 1.165) is 5.56 Å². The summed E-state index contributed by atoms with van der Waals surface area (Å²) < 4.78 is 0. The summed E-state index contributed by atoms with van der Waals surface area (Å²) in [6, 6.07) is 11.1. The summed E-state index contributed by atoms with van der Waals surface area (Å²) in [6.45, 7) is 0.703. The Balaban J connectivity index is 2.85. The van der Waals surface area contributed by atoms with Gasteiger partial charge >= 0.3 is 5.97 Å². The Morgan fingerprint density at radius 3 is 2.22 bits per heavy atom. The highest BCUT2D eigenvalue weighted by Crippen LogP contribution is 2.12. The minimum absolute atomic E-state index is 0.0525. The van der Waals surface area contributed by atoms with Gasteiger partial charge in [-0.1, -0.05) is 24.3 Å². The maximum atomic E-state index is 10.7. The van der Waals surface area contributed by atoms with Gasteiger partial charge in [-0.05, 0) is 11.1 Å². The van der Waals surface area contributed by atoms with Gasteiger partial charge in [0, 0.05) is 6.54 Å². The molecule has 5 nitrogen and oxygen atoms in total. The molecule has 1 rings (SSSR count). The zero-order chi connectivity index (χ0) is 13.4. The summed E-state index contributed by atoms with van der Waals surface area (Å²) in [5.41, 5.74) is 1.55. The van der Waals surface area contributed by atoms with E-state index >= 15 is 0 Å². The van der Waals surface area contributed by atoms with Gasteiger partial charge in [0.1, 0.15) is 0 Å². The van der Waals surface area contributed by atoms with Gasteiger partial charge < -0.3 is 5.11 Å². The number of carbonyl (C=O) groups is 1. The smallest absolute Gasteiger partial charge is 0.307 e. The molecule has 5 heteroatoms. The fourth-order valence-electron chi connectivity index (χ4n) is 1.66. The van der Waals surface area contributed by atoms with Crippen LogP contribution in [0.1, 0.15) is 11.1 Å². The van der Waals surface area contributed by atoms with Crippen molar-refractivity contribution in [3.05, 3.63) is 35.4 Å². The molecule has 0 atom stereocenters. The lowest BCUT2D eigenvalue weighted by Gasteiger charge is -2.17. The molecule has 0 heterocycles. The van der Waals surface area contributed by atoms with Gasteiger partial charge in [-0.2, -0.15) is 10.5 Å². The quantitative estimate of drug-likeness (QED) is 0.757. The van der Waals surface area contributed by atoms with Crippen molar-refractivity contribution >= 4 is 5.97 Å². The third-order valence-electron chi connectivity index (χ3n) is 2.44. The zero-order valence-corrected chi connectivity index (χ0v) is 9.83. The Kier molecular flexibility index (Phi) is 5.37. The molecule has 0 saturated heterocycles. The van der Waals surface area contributed by atoms with Crippen molar-refractivity contribution < 1.29 is 9.90 Å². The zero-order valence-electron chi connectivity index (χ0n) is 9.83. The molecular weight excluding hydrogens is 230 g/mol.